The Hall–Kier alpha value is -2.21. The van der Waals surface area contributed by atoms with Crippen LogP contribution in [0, 0.1) is 6.92 Å². The molecule has 0 radical (unpaired) electrons. The topological polar surface area (TPSA) is 68.5 Å². The molecule has 24 heavy (non-hydrogen) atoms. The second kappa shape index (κ2) is 7.13. The van der Waals surface area contributed by atoms with Crippen LogP contribution in [0.4, 0.5) is 0 Å². The van der Waals surface area contributed by atoms with Gasteiger partial charge in [0.25, 0.3) is 0 Å². The van der Waals surface area contributed by atoms with Gasteiger partial charge in [-0.1, -0.05) is 35.0 Å². The molecule has 1 fully saturated rings. The maximum Gasteiger partial charge on any atom is 0.227 e. The summed E-state index contributed by atoms with van der Waals surface area (Å²) in [6.07, 6.45) is 0.907. The van der Waals surface area contributed by atoms with Crippen molar-refractivity contribution in [1.29, 1.82) is 0 Å². The Morgan fingerprint density at radius 1 is 1.29 bits per heavy atom. The lowest BCUT2D eigenvalue weighted by atomic mass is 10.1. The third-order valence-electron chi connectivity index (χ3n) is 4.26. The molecule has 0 spiro atoms. The Morgan fingerprint density at radius 3 is 2.79 bits per heavy atom. The largest absolute Gasteiger partial charge is 0.375 e. The number of hydrogen-bond acceptors (Lipinski definition) is 5. The van der Waals surface area contributed by atoms with Gasteiger partial charge in [-0.15, -0.1) is 0 Å². The first-order valence-corrected chi connectivity index (χ1v) is 8.33. The minimum atomic E-state index is 0.0849. The fourth-order valence-electron chi connectivity index (χ4n) is 2.78. The Balaban J connectivity index is 1.59. The molecular weight excluding hydrogens is 306 g/mol. The molecule has 6 nitrogen and oxygen atoms in total. The van der Waals surface area contributed by atoms with E-state index in [1.54, 1.807) is 0 Å². The molecule has 0 aliphatic carbocycles. The Morgan fingerprint density at radius 2 is 2.04 bits per heavy atom. The van der Waals surface area contributed by atoms with Gasteiger partial charge in [-0.05, 0) is 20.8 Å². The summed E-state index contributed by atoms with van der Waals surface area (Å²) in [5, 5.41) is 4.00. The van der Waals surface area contributed by atoms with Crippen LogP contribution >= 0.6 is 0 Å². The summed E-state index contributed by atoms with van der Waals surface area (Å²) < 4.78 is 10.8. The van der Waals surface area contributed by atoms with Crippen molar-refractivity contribution in [2.75, 3.05) is 13.2 Å². The molecule has 1 aliphatic heterocycles. The number of amides is 1. The van der Waals surface area contributed by atoms with Crippen LogP contribution in [-0.4, -0.2) is 46.2 Å². The predicted molar refractivity (Wildman–Crippen MR) is 89.4 cm³/mol. The normalized spacial score (nSPS) is 21.0. The average Bonchev–Trinajstić information content (AvgIpc) is 3.04. The first-order valence-electron chi connectivity index (χ1n) is 8.33. The molecular formula is C18H23N3O3. The van der Waals surface area contributed by atoms with Crippen molar-refractivity contribution in [1.82, 2.24) is 15.0 Å². The average molecular weight is 329 g/mol. The first kappa shape index (κ1) is 16.6. The summed E-state index contributed by atoms with van der Waals surface area (Å²) in [4.78, 5) is 18.7. The van der Waals surface area contributed by atoms with Crippen molar-refractivity contribution in [2.24, 2.45) is 0 Å². The van der Waals surface area contributed by atoms with Gasteiger partial charge in [0.05, 0.1) is 18.8 Å². The molecule has 2 aromatic rings. The van der Waals surface area contributed by atoms with E-state index in [4.69, 9.17) is 9.26 Å². The number of rotatable bonds is 4. The molecule has 0 saturated carbocycles. The molecule has 6 heteroatoms. The van der Waals surface area contributed by atoms with Crippen molar-refractivity contribution >= 4 is 5.91 Å². The SMILES string of the molecule is Cc1ccc(-c2noc(CCC(=O)N3C[C@@H](C)OC[C@H]3C)n2)cc1. The molecule has 1 aliphatic rings. The van der Waals surface area contributed by atoms with Crippen LogP contribution in [0.15, 0.2) is 28.8 Å². The van der Waals surface area contributed by atoms with E-state index in [0.29, 0.717) is 37.7 Å². The lowest BCUT2D eigenvalue weighted by Crippen LogP contribution is -2.50. The predicted octanol–water partition coefficient (Wildman–Crippen LogP) is 2.61. The highest BCUT2D eigenvalue weighted by atomic mass is 16.5. The lowest BCUT2D eigenvalue weighted by Gasteiger charge is -2.36. The number of benzene rings is 1. The monoisotopic (exact) mass is 329 g/mol. The summed E-state index contributed by atoms with van der Waals surface area (Å²) in [5.41, 5.74) is 2.10. The van der Waals surface area contributed by atoms with Gasteiger partial charge in [0, 0.05) is 24.9 Å². The zero-order chi connectivity index (χ0) is 17.1. The van der Waals surface area contributed by atoms with Gasteiger partial charge in [0.15, 0.2) is 0 Å². The van der Waals surface area contributed by atoms with E-state index in [1.165, 1.54) is 5.56 Å². The Bertz CT molecular complexity index is 696. The van der Waals surface area contributed by atoms with Crippen molar-refractivity contribution in [3.05, 3.63) is 35.7 Å². The number of aromatic nitrogens is 2. The van der Waals surface area contributed by atoms with Gasteiger partial charge in [-0.25, -0.2) is 0 Å². The summed E-state index contributed by atoms with van der Waals surface area (Å²) in [7, 11) is 0. The Kier molecular flexibility index (Phi) is 4.94. The van der Waals surface area contributed by atoms with E-state index in [9.17, 15) is 4.79 Å². The summed E-state index contributed by atoms with van der Waals surface area (Å²) in [6, 6.07) is 8.06. The molecule has 0 unspecified atom stereocenters. The van der Waals surface area contributed by atoms with Gasteiger partial charge >= 0.3 is 0 Å². The van der Waals surface area contributed by atoms with E-state index < -0.39 is 0 Å². The Labute approximate surface area is 141 Å². The van der Waals surface area contributed by atoms with E-state index in [2.05, 4.69) is 10.1 Å². The molecule has 1 saturated heterocycles. The van der Waals surface area contributed by atoms with Crippen molar-refractivity contribution in [3.63, 3.8) is 0 Å². The van der Waals surface area contributed by atoms with Crippen LogP contribution in [-0.2, 0) is 16.0 Å². The highest BCUT2D eigenvalue weighted by Gasteiger charge is 2.27. The van der Waals surface area contributed by atoms with E-state index in [0.717, 1.165) is 5.56 Å². The number of carbonyl (C=O) groups is 1. The standard InChI is InChI=1S/C18H23N3O3/c1-12-4-6-15(7-5-12)18-19-16(24-20-18)8-9-17(22)21-10-14(3)23-11-13(21)2/h4-7,13-14H,8-11H2,1-3H3/t13-,14-/m1/s1. The number of carbonyl (C=O) groups excluding carboxylic acids is 1. The number of morpholine rings is 1. The third-order valence-corrected chi connectivity index (χ3v) is 4.26. The fraction of sp³-hybridized carbons (Fsp3) is 0.500. The molecule has 1 aromatic carbocycles. The second-order valence-corrected chi connectivity index (χ2v) is 6.42. The van der Waals surface area contributed by atoms with Gasteiger partial charge in [-0.3, -0.25) is 4.79 Å². The van der Waals surface area contributed by atoms with Crippen LogP contribution in [0.2, 0.25) is 0 Å². The van der Waals surface area contributed by atoms with Crippen LogP contribution in [0.1, 0.15) is 31.7 Å². The number of hydrogen-bond donors (Lipinski definition) is 0. The smallest absolute Gasteiger partial charge is 0.227 e. The number of nitrogens with zero attached hydrogens (tertiary/aromatic N) is 3. The van der Waals surface area contributed by atoms with Gasteiger partial charge < -0.3 is 14.2 Å². The zero-order valence-corrected chi connectivity index (χ0v) is 14.4. The minimum Gasteiger partial charge on any atom is -0.375 e. The third kappa shape index (κ3) is 3.82. The van der Waals surface area contributed by atoms with Crippen LogP contribution < -0.4 is 0 Å². The summed E-state index contributed by atoms with van der Waals surface area (Å²) in [5.74, 6) is 1.16. The molecule has 3 rings (SSSR count). The molecule has 0 N–H and O–H groups in total. The number of ether oxygens (including phenoxy) is 1. The first-order chi connectivity index (χ1) is 11.5. The van der Waals surface area contributed by atoms with Gasteiger partial charge in [-0.2, -0.15) is 4.98 Å². The molecule has 128 valence electrons. The van der Waals surface area contributed by atoms with Crippen molar-refractivity contribution in [3.8, 4) is 11.4 Å². The quantitative estimate of drug-likeness (QED) is 0.862. The van der Waals surface area contributed by atoms with Crippen LogP contribution in [0.3, 0.4) is 0 Å². The minimum absolute atomic E-state index is 0.0849. The summed E-state index contributed by atoms with van der Waals surface area (Å²) in [6.45, 7) is 7.25. The summed E-state index contributed by atoms with van der Waals surface area (Å²) >= 11 is 0. The molecule has 2 atom stereocenters. The van der Waals surface area contributed by atoms with Gasteiger partial charge in [0.1, 0.15) is 0 Å². The maximum atomic E-state index is 12.4. The van der Waals surface area contributed by atoms with Crippen LogP contribution in [0.25, 0.3) is 11.4 Å². The number of aryl methyl sites for hydroxylation is 2. The molecule has 1 amide bonds. The second-order valence-electron chi connectivity index (χ2n) is 6.42. The van der Waals surface area contributed by atoms with Crippen molar-refractivity contribution in [2.45, 2.75) is 45.8 Å². The van der Waals surface area contributed by atoms with E-state index in [-0.39, 0.29) is 18.1 Å². The molecule has 2 heterocycles. The molecule has 1 aromatic heterocycles. The maximum absolute atomic E-state index is 12.4. The van der Waals surface area contributed by atoms with Crippen LogP contribution in [0.5, 0.6) is 0 Å². The van der Waals surface area contributed by atoms with Crippen molar-refractivity contribution < 1.29 is 14.1 Å². The molecule has 0 bridgehead atoms. The highest BCUT2D eigenvalue weighted by molar-refractivity contribution is 5.76. The van der Waals surface area contributed by atoms with Gasteiger partial charge in [0.2, 0.25) is 17.6 Å². The van der Waals surface area contributed by atoms with E-state index >= 15 is 0 Å². The lowest BCUT2D eigenvalue weighted by molar-refractivity contribution is -0.143. The zero-order valence-electron chi connectivity index (χ0n) is 14.4. The fourth-order valence-corrected chi connectivity index (χ4v) is 2.78. The van der Waals surface area contributed by atoms with E-state index in [1.807, 2.05) is 49.9 Å². The highest BCUT2D eigenvalue weighted by Crippen LogP contribution is 2.18.